The van der Waals surface area contributed by atoms with Gasteiger partial charge in [0.1, 0.15) is 11.7 Å². The van der Waals surface area contributed by atoms with Crippen molar-refractivity contribution >= 4 is 5.91 Å². The molecule has 2 aromatic heterocycles. The van der Waals surface area contributed by atoms with Gasteiger partial charge in [-0.3, -0.25) is 9.48 Å². The Labute approximate surface area is 169 Å². The number of hydrogen-bond acceptors (Lipinski definition) is 5. The Morgan fingerprint density at radius 2 is 1.93 bits per heavy atom. The molecule has 0 saturated carbocycles. The van der Waals surface area contributed by atoms with E-state index in [0.717, 1.165) is 22.4 Å². The Bertz CT molecular complexity index is 1030. The van der Waals surface area contributed by atoms with Gasteiger partial charge < -0.3 is 14.7 Å². The third kappa shape index (κ3) is 3.86. The van der Waals surface area contributed by atoms with Gasteiger partial charge in [0.05, 0.1) is 11.8 Å². The predicted octanol–water partition coefficient (Wildman–Crippen LogP) is 2.79. The van der Waals surface area contributed by atoms with Crippen LogP contribution in [0, 0.1) is 0 Å². The van der Waals surface area contributed by atoms with Crippen molar-refractivity contribution in [3.63, 3.8) is 0 Å². The number of hydrogen-bond donors (Lipinski definition) is 1. The van der Waals surface area contributed by atoms with Gasteiger partial charge in [-0.15, -0.1) is 0 Å². The molecular formula is C22H24N4O3. The lowest BCUT2D eigenvalue weighted by Gasteiger charge is -2.18. The van der Waals surface area contributed by atoms with Crippen LogP contribution in [-0.4, -0.2) is 42.9 Å². The topological polar surface area (TPSA) is 80.5 Å². The minimum atomic E-state index is -0.655. The molecule has 150 valence electrons. The number of fused-ring (bicyclic) bond motifs is 1. The number of aliphatic hydroxyl groups is 1. The molecule has 0 fully saturated rings. The minimum Gasteiger partial charge on any atom is -0.471 e. The highest BCUT2D eigenvalue weighted by atomic mass is 16.5. The average molecular weight is 392 g/mol. The summed E-state index contributed by atoms with van der Waals surface area (Å²) in [6.45, 7) is 4.42. The first-order valence-corrected chi connectivity index (χ1v) is 9.63. The van der Waals surface area contributed by atoms with Gasteiger partial charge in [-0.25, -0.2) is 4.98 Å². The third-order valence-electron chi connectivity index (χ3n) is 5.18. The maximum absolute atomic E-state index is 13.0. The molecule has 2 atom stereocenters. The Morgan fingerprint density at radius 1 is 1.17 bits per heavy atom. The van der Waals surface area contributed by atoms with Gasteiger partial charge >= 0.3 is 0 Å². The number of pyridine rings is 1. The second kappa shape index (κ2) is 7.67. The summed E-state index contributed by atoms with van der Waals surface area (Å²) in [6.07, 6.45) is 2.45. The highest BCUT2D eigenvalue weighted by Gasteiger charge is 2.32. The van der Waals surface area contributed by atoms with E-state index in [-0.39, 0.29) is 11.8 Å². The monoisotopic (exact) mass is 392 g/mol. The first-order chi connectivity index (χ1) is 13.9. The smallest absolute Gasteiger partial charge is 0.260 e. The van der Waals surface area contributed by atoms with Crippen molar-refractivity contribution in [2.75, 3.05) is 0 Å². The summed E-state index contributed by atoms with van der Waals surface area (Å²) in [7, 11) is 1.89. The van der Waals surface area contributed by atoms with Crippen LogP contribution in [0.5, 0.6) is 5.88 Å². The van der Waals surface area contributed by atoms with Crippen LogP contribution in [0.15, 0.2) is 48.8 Å². The van der Waals surface area contributed by atoms with Crippen LogP contribution in [0.4, 0.5) is 0 Å². The summed E-state index contributed by atoms with van der Waals surface area (Å²) < 4.78 is 7.51. The van der Waals surface area contributed by atoms with Crippen LogP contribution in [0.25, 0.3) is 11.3 Å². The Balaban J connectivity index is 1.50. The fraction of sp³-hybridized carbons (Fsp3) is 0.318. The van der Waals surface area contributed by atoms with E-state index in [2.05, 4.69) is 10.1 Å². The summed E-state index contributed by atoms with van der Waals surface area (Å²) in [4.78, 5) is 19.0. The van der Waals surface area contributed by atoms with Crippen LogP contribution < -0.4 is 4.74 Å². The third-order valence-corrected chi connectivity index (χ3v) is 5.18. The maximum atomic E-state index is 13.0. The van der Waals surface area contributed by atoms with E-state index < -0.39 is 12.2 Å². The summed E-state index contributed by atoms with van der Waals surface area (Å²) in [5, 5.41) is 14.1. The first kappa shape index (κ1) is 19.1. The fourth-order valence-electron chi connectivity index (χ4n) is 3.34. The number of ether oxygens (including phenoxy) is 1. The van der Waals surface area contributed by atoms with Crippen LogP contribution in [0.2, 0.25) is 0 Å². The van der Waals surface area contributed by atoms with E-state index in [4.69, 9.17) is 4.74 Å². The fourth-order valence-corrected chi connectivity index (χ4v) is 3.34. The molecule has 3 aromatic rings. The number of aromatic nitrogens is 3. The molecule has 0 unspecified atom stereocenters. The number of benzene rings is 1. The molecule has 0 radical (unpaired) electrons. The quantitative estimate of drug-likeness (QED) is 0.698. The summed E-state index contributed by atoms with van der Waals surface area (Å²) in [5.74, 6) is 0.184. The Kier molecular flexibility index (Phi) is 5.07. The molecule has 7 nitrogen and oxygen atoms in total. The maximum Gasteiger partial charge on any atom is 0.260 e. The molecule has 3 heterocycles. The molecule has 0 saturated heterocycles. The lowest BCUT2D eigenvalue weighted by atomic mass is 10.1. The lowest BCUT2D eigenvalue weighted by Crippen LogP contribution is -2.27. The van der Waals surface area contributed by atoms with Gasteiger partial charge in [0.2, 0.25) is 5.88 Å². The van der Waals surface area contributed by atoms with E-state index in [0.29, 0.717) is 18.7 Å². The Hall–Kier alpha value is -3.19. The molecular weight excluding hydrogens is 368 g/mol. The lowest BCUT2D eigenvalue weighted by molar-refractivity contribution is 0.0554. The summed E-state index contributed by atoms with van der Waals surface area (Å²) >= 11 is 0. The van der Waals surface area contributed by atoms with E-state index in [1.165, 1.54) is 0 Å². The van der Waals surface area contributed by atoms with E-state index in [9.17, 15) is 9.90 Å². The number of carbonyl (C=O) groups is 1. The van der Waals surface area contributed by atoms with Gasteiger partial charge in [-0.1, -0.05) is 24.3 Å². The van der Waals surface area contributed by atoms with Crippen molar-refractivity contribution < 1.29 is 14.6 Å². The van der Waals surface area contributed by atoms with Crippen molar-refractivity contribution in [2.24, 2.45) is 7.05 Å². The van der Waals surface area contributed by atoms with Crippen LogP contribution in [0.3, 0.4) is 0 Å². The second-order valence-corrected chi connectivity index (χ2v) is 7.45. The molecule has 0 aliphatic carbocycles. The number of rotatable bonds is 6. The highest BCUT2D eigenvalue weighted by molar-refractivity contribution is 6.00. The van der Waals surface area contributed by atoms with Crippen LogP contribution in [0.1, 0.15) is 35.3 Å². The van der Waals surface area contributed by atoms with Gasteiger partial charge in [0.25, 0.3) is 5.91 Å². The van der Waals surface area contributed by atoms with E-state index in [1.807, 2.05) is 49.6 Å². The number of aryl methyl sites for hydroxylation is 1. The first-order valence-electron chi connectivity index (χ1n) is 9.63. The predicted molar refractivity (Wildman–Crippen MR) is 108 cm³/mol. The van der Waals surface area contributed by atoms with E-state index in [1.54, 1.807) is 29.6 Å². The van der Waals surface area contributed by atoms with Crippen molar-refractivity contribution in [1.29, 1.82) is 0 Å². The summed E-state index contributed by atoms with van der Waals surface area (Å²) in [5.41, 5.74) is 4.38. The molecule has 29 heavy (non-hydrogen) atoms. The Morgan fingerprint density at radius 3 is 2.59 bits per heavy atom. The zero-order valence-electron chi connectivity index (χ0n) is 16.7. The van der Waals surface area contributed by atoms with Crippen molar-refractivity contribution in [1.82, 2.24) is 19.7 Å². The van der Waals surface area contributed by atoms with Gasteiger partial charge in [0, 0.05) is 38.1 Å². The average Bonchev–Trinajstić information content (AvgIpc) is 3.27. The van der Waals surface area contributed by atoms with Crippen molar-refractivity contribution in [2.45, 2.75) is 39.1 Å². The number of carbonyl (C=O) groups excluding carboxylic acids is 1. The zero-order chi connectivity index (χ0) is 20.5. The van der Waals surface area contributed by atoms with Crippen LogP contribution >= 0.6 is 0 Å². The van der Waals surface area contributed by atoms with Crippen molar-refractivity contribution in [3.05, 3.63) is 65.5 Å². The molecule has 1 aliphatic rings. The van der Waals surface area contributed by atoms with Gasteiger partial charge in [-0.2, -0.15) is 5.10 Å². The molecule has 7 heteroatoms. The number of amides is 1. The molecule has 1 amide bonds. The molecule has 1 aromatic carbocycles. The second-order valence-electron chi connectivity index (χ2n) is 7.45. The van der Waals surface area contributed by atoms with E-state index >= 15 is 0 Å². The number of nitrogens with zero attached hydrogens (tertiary/aromatic N) is 4. The standard InChI is InChI=1S/C22H24N4O3/c1-14(27)15(2)29-21-20-18(8-10-23-21)13-26(22(20)28)12-16-4-6-17(7-5-16)19-9-11-25(3)24-19/h4-11,14-15,27H,12-13H2,1-3H3/t14-,15-/m1/s1. The molecule has 4 rings (SSSR count). The van der Waals surface area contributed by atoms with Gasteiger partial charge in [-0.05, 0) is 37.1 Å². The zero-order valence-corrected chi connectivity index (χ0v) is 16.7. The largest absolute Gasteiger partial charge is 0.471 e. The number of aliphatic hydroxyl groups excluding tert-OH is 1. The molecule has 1 N–H and O–H groups in total. The molecule has 1 aliphatic heterocycles. The molecule has 0 bridgehead atoms. The normalized spacial score (nSPS) is 15.3. The highest BCUT2D eigenvalue weighted by Crippen LogP contribution is 2.31. The SMILES string of the molecule is C[C@@H](O)[C@@H](C)Oc1nccc2c1C(=O)N(Cc1ccc(-c3ccn(C)n3)cc1)C2. The molecule has 0 spiro atoms. The van der Waals surface area contributed by atoms with Crippen molar-refractivity contribution in [3.8, 4) is 17.1 Å². The summed E-state index contributed by atoms with van der Waals surface area (Å²) in [6, 6.07) is 11.9. The van der Waals surface area contributed by atoms with Crippen LogP contribution in [-0.2, 0) is 20.1 Å². The minimum absolute atomic E-state index is 0.102. The van der Waals surface area contributed by atoms with Gasteiger partial charge in [0.15, 0.2) is 0 Å².